The van der Waals surface area contributed by atoms with E-state index in [1.165, 1.54) is 118 Å². The Morgan fingerprint density at radius 1 is 0.188 bits per heavy atom. The van der Waals surface area contributed by atoms with Crippen molar-refractivity contribution in [1.29, 1.82) is 5.26 Å². The van der Waals surface area contributed by atoms with E-state index in [1.54, 1.807) is 74.1 Å². The Labute approximate surface area is 846 Å². The standard InChI is InChI=1S/C46H26N2O2S.C40H20N4S3.C39H20FN3S3/c1-2-9-27(10-3-1)31-13-8-16-44-45(31)36-23-28(19-22-43(36)51-44)37-26-38(29-17-20-34-32-11-4-6-14-39(32)50-42(34)25-29)48-46(47-37)30-18-21-41-35(24-30)33-12-5-7-15-40(33)49-41;41-21-22-9-13-28-31-16-12-25(20-37(31)47-34(28)17-22)40-43-38(23-10-14-29-26-5-1-3-7-32(26)45-35(29)18-23)42-39(44-40)24-11-15-30-27-6-2-4-8-33(27)46-36(30)19-24;40-24-12-16-30-29-15-11-23(19-35(29)46-36(30)20-24)39-42-37(21-9-13-27-25-5-1-3-7-31(25)44-33(27)17-21)41-38(43-39)22-10-14-28-26-6-2-4-8-32(26)45-34(28)18-22/h1-26H;1-20H;1-20H. The molecule has 0 unspecified atom stereocenters. The predicted octanol–water partition coefficient (Wildman–Crippen LogP) is 37.3. The molecule has 0 saturated carbocycles. The number of hydrogen-bond donors (Lipinski definition) is 0. The van der Waals surface area contributed by atoms with Gasteiger partial charge in [0.2, 0.25) is 0 Å². The van der Waals surface area contributed by atoms with Crippen molar-refractivity contribution in [2.45, 2.75) is 0 Å². The number of thiophene rings is 7. The van der Waals surface area contributed by atoms with E-state index >= 15 is 0 Å². The quantitative estimate of drug-likeness (QED) is 0.129. The number of aromatic nitrogens is 8. The third-order valence-electron chi connectivity index (χ3n) is 27.3. The first kappa shape index (κ1) is 83.8. The molecule has 0 aliphatic heterocycles. The molecular weight excluding hydrogens is 1900 g/mol. The van der Waals surface area contributed by atoms with Crippen molar-refractivity contribution < 1.29 is 13.2 Å². The Kier molecular flexibility index (Phi) is 19.7. The molecule has 0 saturated heterocycles. The second kappa shape index (κ2) is 33.8. The van der Waals surface area contributed by atoms with Crippen molar-refractivity contribution in [3.63, 3.8) is 0 Å². The molecule has 12 heterocycles. The smallest absolute Gasteiger partial charge is 0.164 e. The van der Waals surface area contributed by atoms with Gasteiger partial charge in [0.25, 0.3) is 0 Å². The Morgan fingerprint density at radius 2 is 0.486 bits per heavy atom. The van der Waals surface area contributed by atoms with E-state index in [4.69, 9.17) is 48.7 Å². The summed E-state index contributed by atoms with van der Waals surface area (Å²) >= 11 is 12.3. The molecule has 0 aliphatic carbocycles. The first-order chi connectivity index (χ1) is 71.1. The number of halogens is 1. The lowest BCUT2D eigenvalue weighted by molar-refractivity contribution is 0.630. The van der Waals surface area contributed by atoms with E-state index in [0.717, 1.165) is 146 Å². The van der Waals surface area contributed by atoms with Crippen molar-refractivity contribution in [2.75, 3.05) is 0 Å². The van der Waals surface area contributed by atoms with Gasteiger partial charge in [0.15, 0.2) is 40.8 Å². The fraction of sp³-hybridized carbons (Fsp3) is 0. The number of benzene rings is 19. The molecule has 19 aromatic carbocycles. The number of nitriles is 1. The predicted molar refractivity (Wildman–Crippen MR) is 605 cm³/mol. The maximum absolute atomic E-state index is 14.0. The Balaban J connectivity index is 0.000000103. The second-order valence-corrected chi connectivity index (χ2v) is 43.5. The number of nitrogens with zero attached hydrogens (tertiary/aromatic N) is 9. The van der Waals surface area contributed by atoms with Crippen LogP contribution in [0.3, 0.4) is 0 Å². The molecule has 19 heteroatoms. The number of fused-ring (bicyclic) bond motifs is 27. The first-order valence-electron chi connectivity index (χ1n) is 47.0. The highest BCUT2D eigenvalue weighted by Crippen LogP contribution is 2.49. The summed E-state index contributed by atoms with van der Waals surface area (Å²) in [4.78, 5) is 40.9. The van der Waals surface area contributed by atoms with E-state index < -0.39 is 0 Å². The summed E-state index contributed by atoms with van der Waals surface area (Å²) < 4.78 is 43.1. The zero-order chi connectivity index (χ0) is 94.9. The summed E-state index contributed by atoms with van der Waals surface area (Å²) in [6.07, 6.45) is 0. The van der Waals surface area contributed by atoms with E-state index in [9.17, 15) is 9.65 Å². The van der Waals surface area contributed by atoms with Crippen LogP contribution in [-0.4, -0.2) is 39.9 Å². The van der Waals surface area contributed by atoms with Gasteiger partial charge < -0.3 is 8.83 Å². The largest absolute Gasteiger partial charge is 0.456 e. The molecule has 31 aromatic rings. The summed E-state index contributed by atoms with van der Waals surface area (Å²) in [5, 5.41) is 30.7. The van der Waals surface area contributed by atoms with Crippen LogP contribution in [0.2, 0.25) is 0 Å². The summed E-state index contributed by atoms with van der Waals surface area (Å²) in [5.41, 5.74) is 16.8. The molecule has 0 atom stereocenters. The maximum Gasteiger partial charge on any atom is 0.164 e. The average molecular weight is 1970 g/mol. The van der Waals surface area contributed by atoms with Crippen molar-refractivity contribution >= 4 is 264 Å². The van der Waals surface area contributed by atoms with Crippen molar-refractivity contribution in [1.82, 2.24) is 39.9 Å². The van der Waals surface area contributed by atoms with Gasteiger partial charge in [0.05, 0.1) is 23.0 Å². The Hall–Kier alpha value is -17.2. The first-order valence-corrected chi connectivity index (χ1v) is 52.7. The summed E-state index contributed by atoms with van der Waals surface area (Å²) in [6.45, 7) is 0. The minimum atomic E-state index is -0.225. The summed E-state index contributed by atoms with van der Waals surface area (Å²) in [5.74, 6) is 4.24. The second-order valence-electron chi connectivity index (χ2n) is 35.9. The van der Waals surface area contributed by atoms with Crippen molar-refractivity contribution in [2.24, 2.45) is 0 Å². The zero-order valence-electron chi connectivity index (χ0n) is 75.7. The van der Waals surface area contributed by atoms with E-state index in [2.05, 4.69) is 328 Å². The van der Waals surface area contributed by atoms with Gasteiger partial charge in [0.1, 0.15) is 28.1 Å². The fourth-order valence-electron chi connectivity index (χ4n) is 20.3. The Morgan fingerprint density at radius 3 is 0.951 bits per heavy atom. The zero-order valence-corrected chi connectivity index (χ0v) is 81.4. The van der Waals surface area contributed by atoms with Gasteiger partial charge in [-0.15, -0.1) is 79.4 Å². The molecule has 31 rings (SSSR count). The lowest BCUT2D eigenvalue weighted by atomic mass is 9.98. The molecule has 0 radical (unpaired) electrons. The number of hydrogen-bond acceptors (Lipinski definition) is 18. The van der Waals surface area contributed by atoms with Crippen LogP contribution >= 0.6 is 79.4 Å². The normalized spacial score (nSPS) is 11.9. The van der Waals surface area contributed by atoms with Crippen LogP contribution in [0.5, 0.6) is 0 Å². The summed E-state index contributed by atoms with van der Waals surface area (Å²) in [7, 11) is 0. The maximum atomic E-state index is 14.0. The van der Waals surface area contributed by atoms with Crippen LogP contribution in [0.4, 0.5) is 4.39 Å². The highest BCUT2D eigenvalue weighted by Gasteiger charge is 2.25. The number of furan rings is 2. The van der Waals surface area contributed by atoms with Crippen LogP contribution in [0.15, 0.2) is 409 Å². The third-order valence-corrected chi connectivity index (χ3v) is 35.2. The van der Waals surface area contributed by atoms with Crippen LogP contribution in [0.25, 0.3) is 298 Å². The summed E-state index contributed by atoms with van der Waals surface area (Å²) in [6, 6.07) is 141. The molecular formula is C125H66FN9O2S7. The monoisotopic (exact) mass is 1970 g/mol. The van der Waals surface area contributed by atoms with E-state index in [0.29, 0.717) is 46.3 Å². The number of para-hydroxylation sites is 2. The van der Waals surface area contributed by atoms with Crippen molar-refractivity contribution in [3.05, 3.63) is 412 Å². The fourth-order valence-corrected chi connectivity index (χ4v) is 28.4. The minimum Gasteiger partial charge on any atom is -0.456 e. The topological polar surface area (TPSA) is 153 Å². The SMILES string of the molecule is Fc1ccc2c(c1)sc1cc(-c3nc(-c4ccc5c(c4)sc4ccccc45)nc(-c4ccc5c(c4)sc4ccccc45)n3)ccc12.N#Cc1ccc2c(c1)sc1cc(-c3nc(-c4ccc5c(c4)sc4ccccc45)nc(-c4ccc5c(c4)sc4ccccc45)n3)ccc12.c1ccc(-c2cccc3sc4ccc(-c5cc(-c6ccc7c(c6)oc6ccccc67)nc(-c6ccc7oc8ccccc8c7c6)n5)cc4c23)cc1. The third kappa shape index (κ3) is 14.5. The molecule has 12 aromatic heterocycles. The van der Waals surface area contributed by atoms with Gasteiger partial charge in [0, 0.05) is 213 Å². The molecule has 0 fully saturated rings. The highest BCUT2D eigenvalue weighted by atomic mass is 32.1. The van der Waals surface area contributed by atoms with Gasteiger partial charge in [-0.1, -0.05) is 249 Å². The lowest BCUT2D eigenvalue weighted by Crippen LogP contribution is -2.00. The number of rotatable bonds is 10. The highest BCUT2D eigenvalue weighted by molar-refractivity contribution is 7.28. The van der Waals surface area contributed by atoms with Gasteiger partial charge >= 0.3 is 0 Å². The molecule has 0 amide bonds. The van der Waals surface area contributed by atoms with Crippen LogP contribution < -0.4 is 0 Å². The van der Waals surface area contributed by atoms with Gasteiger partial charge in [-0.05, 0) is 163 Å². The van der Waals surface area contributed by atoms with Crippen LogP contribution in [0, 0.1) is 17.1 Å². The molecule has 144 heavy (non-hydrogen) atoms. The van der Waals surface area contributed by atoms with Gasteiger partial charge in [-0.25, -0.2) is 44.3 Å². The van der Waals surface area contributed by atoms with E-state index in [-0.39, 0.29) is 5.82 Å². The lowest BCUT2D eigenvalue weighted by Gasteiger charge is -2.10. The molecule has 672 valence electrons. The molecule has 0 aliphatic rings. The Bertz CT molecular complexity index is 10600. The van der Waals surface area contributed by atoms with E-state index in [1.807, 2.05) is 78.1 Å². The van der Waals surface area contributed by atoms with Crippen LogP contribution in [-0.2, 0) is 0 Å². The van der Waals surface area contributed by atoms with Crippen molar-refractivity contribution in [3.8, 4) is 119 Å². The molecule has 0 spiro atoms. The minimum absolute atomic E-state index is 0.225. The van der Waals surface area contributed by atoms with Gasteiger partial charge in [-0.3, -0.25) is 0 Å². The average Bonchev–Trinajstić information content (AvgIpc) is 1.56. The molecule has 0 bridgehead atoms. The molecule has 11 nitrogen and oxygen atoms in total. The van der Waals surface area contributed by atoms with Gasteiger partial charge in [-0.2, -0.15) is 5.26 Å². The van der Waals surface area contributed by atoms with Crippen LogP contribution in [0.1, 0.15) is 5.56 Å². The molecule has 0 N–H and O–H groups in total.